The fraction of sp³-hybridized carbons (Fsp3) is 0.312. The third kappa shape index (κ3) is 5.13. The molecule has 6 nitrogen and oxygen atoms in total. The summed E-state index contributed by atoms with van der Waals surface area (Å²) >= 11 is 1.11. The molecular weight excluding hydrogens is 346 g/mol. The molecule has 0 aliphatic heterocycles. The van der Waals surface area contributed by atoms with E-state index in [0.717, 1.165) is 23.4 Å². The Morgan fingerprint density at radius 2 is 2.04 bits per heavy atom. The van der Waals surface area contributed by atoms with Crippen molar-refractivity contribution < 1.29 is 13.2 Å². The molecule has 1 amide bonds. The van der Waals surface area contributed by atoms with Crippen LogP contribution in [-0.2, 0) is 21.4 Å². The van der Waals surface area contributed by atoms with Gasteiger partial charge in [-0.3, -0.25) is 4.79 Å². The van der Waals surface area contributed by atoms with Gasteiger partial charge in [0, 0.05) is 12.2 Å². The fourth-order valence-electron chi connectivity index (χ4n) is 2.04. The summed E-state index contributed by atoms with van der Waals surface area (Å²) in [4.78, 5) is 12.2. The highest BCUT2D eigenvalue weighted by Gasteiger charge is 2.22. The van der Waals surface area contributed by atoms with Gasteiger partial charge in [-0.2, -0.15) is 4.72 Å². The van der Waals surface area contributed by atoms with Crippen LogP contribution in [0.3, 0.4) is 0 Å². The van der Waals surface area contributed by atoms with Crippen molar-refractivity contribution in [3.63, 3.8) is 0 Å². The first kappa shape index (κ1) is 18.6. The van der Waals surface area contributed by atoms with Crippen LogP contribution >= 0.6 is 11.3 Å². The number of thiophene rings is 1. The molecule has 130 valence electrons. The van der Waals surface area contributed by atoms with Gasteiger partial charge in [0.25, 0.3) is 10.0 Å². The average molecular weight is 367 g/mol. The van der Waals surface area contributed by atoms with Gasteiger partial charge in [-0.05, 0) is 42.6 Å². The Morgan fingerprint density at radius 3 is 2.71 bits per heavy atom. The van der Waals surface area contributed by atoms with Crippen LogP contribution in [0.15, 0.2) is 46.0 Å². The molecule has 0 aliphatic carbocycles. The minimum Gasteiger partial charge on any atom is -0.325 e. The van der Waals surface area contributed by atoms with E-state index < -0.39 is 22.0 Å². The largest absolute Gasteiger partial charge is 0.325 e. The number of carbonyl (C=O) groups excluding carboxylic acids is 1. The molecule has 1 heterocycles. The molecule has 0 fully saturated rings. The molecule has 3 N–H and O–H groups in total. The van der Waals surface area contributed by atoms with Crippen molar-refractivity contribution >= 4 is 33.0 Å². The lowest BCUT2D eigenvalue weighted by molar-refractivity contribution is -0.117. The summed E-state index contributed by atoms with van der Waals surface area (Å²) in [6.45, 7) is 5.11. The van der Waals surface area contributed by atoms with E-state index in [2.05, 4.69) is 15.4 Å². The number of anilines is 1. The van der Waals surface area contributed by atoms with Crippen LogP contribution in [0.1, 0.15) is 19.4 Å². The smallest absolute Gasteiger partial charge is 0.250 e. The van der Waals surface area contributed by atoms with Gasteiger partial charge >= 0.3 is 0 Å². The summed E-state index contributed by atoms with van der Waals surface area (Å²) in [6.07, 6.45) is 0. The Labute approximate surface area is 146 Å². The lowest BCUT2D eigenvalue weighted by Crippen LogP contribution is -2.41. The molecule has 1 atom stereocenters. The summed E-state index contributed by atoms with van der Waals surface area (Å²) in [5, 5.41) is 7.62. The number of nitrogens with one attached hydrogen (secondary N) is 3. The topological polar surface area (TPSA) is 87.3 Å². The molecular formula is C16H21N3O3S2. The second-order valence-electron chi connectivity index (χ2n) is 5.25. The first-order valence-electron chi connectivity index (χ1n) is 7.58. The van der Waals surface area contributed by atoms with E-state index in [1.165, 1.54) is 13.0 Å². The van der Waals surface area contributed by atoms with E-state index in [1.54, 1.807) is 17.5 Å². The number of hydrogen-bond donors (Lipinski definition) is 3. The molecule has 1 aromatic heterocycles. The lowest BCUT2D eigenvalue weighted by atomic mass is 10.2. The van der Waals surface area contributed by atoms with E-state index >= 15 is 0 Å². The minimum absolute atomic E-state index is 0.190. The van der Waals surface area contributed by atoms with Gasteiger partial charge in [-0.25, -0.2) is 8.42 Å². The number of benzene rings is 1. The Kier molecular flexibility index (Phi) is 6.50. The summed E-state index contributed by atoms with van der Waals surface area (Å²) in [7, 11) is -3.68. The van der Waals surface area contributed by atoms with Crippen LogP contribution < -0.4 is 15.4 Å². The first-order chi connectivity index (χ1) is 11.4. The second-order valence-corrected chi connectivity index (χ2v) is 8.13. The molecule has 0 bridgehead atoms. The van der Waals surface area contributed by atoms with Crippen LogP contribution in [0.5, 0.6) is 0 Å². The molecule has 0 saturated carbocycles. The number of hydrogen-bond acceptors (Lipinski definition) is 5. The van der Waals surface area contributed by atoms with Gasteiger partial charge in [-0.1, -0.05) is 25.1 Å². The quantitative estimate of drug-likeness (QED) is 0.667. The van der Waals surface area contributed by atoms with Gasteiger partial charge < -0.3 is 10.6 Å². The maximum absolute atomic E-state index is 12.2. The van der Waals surface area contributed by atoms with E-state index in [-0.39, 0.29) is 4.21 Å². The Morgan fingerprint density at radius 1 is 1.25 bits per heavy atom. The number of amides is 1. The molecule has 24 heavy (non-hydrogen) atoms. The monoisotopic (exact) mass is 367 g/mol. The maximum atomic E-state index is 12.2. The summed E-state index contributed by atoms with van der Waals surface area (Å²) in [5.41, 5.74) is 1.68. The van der Waals surface area contributed by atoms with Crippen molar-refractivity contribution in [2.24, 2.45) is 0 Å². The van der Waals surface area contributed by atoms with Gasteiger partial charge in [-0.15, -0.1) is 11.3 Å². The Balaban J connectivity index is 1.99. The normalized spacial score (nSPS) is 12.8. The molecule has 2 rings (SSSR count). The highest BCUT2D eigenvalue weighted by molar-refractivity contribution is 7.91. The van der Waals surface area contributed by atoms with Crippen molar-refractivity contribution in [2.75, 3.05) is 11.9 Å². The van der Waals surface area contributed by atoms with E-state index in [4.69, 9.17) is 0 Å². The minimum atomic E-state index is -3.68. The summed E-state index contributed by atoms with van der Waals surface area (Å²) < 4.78 is 26.9. The molecule has 0 aliphatic rings. The zero-order chi connectivity index (χ0) is 17.6. The average Bonchev–Trinajstić information content (AvgIpc) is 3.08. The van der Waals surface area contributed by atoms with Crippen LogP contribution in [-0.4, -0.2) is 26.9 Å². The van der Waals surface area contributed by atoms with Gasteiger partial charge in [0.15, 0.2) is 0 Å². The van der Waals surface area contributed by atoms with Crippen molar-refractivity contribution in [3.8, 4) is 0 Å². The molecule has 8 heteroatoms. The van der Waals surface area contributed by atoms with E-state index in [1.807, 2.05) is 25.1 Å². The third-order valence-corrected chi connectivity index (χ3v) is 6.20. The zero-order valence-electron chi connectivity index (χ0n) is 13.6. The van der Waals surface area contributed by atoms with Gasteiger partial charge in [0.1, 0.15) is 4.21 Å². The van der Waals surface area contributed by atoms with Crippen molar-refractivity contribution in [1.29, 1.82) is 0 Å². The van der Waals surface area contributed by atoms with Crippen LogP contribution in [0.4, 0.5) is 5.69 Å². The van der Waals surface area contributed by atoms with Gasteiger partial charge in [0.2, 0.25) is 5.91 Å². The summed E-state index contributed by atoms with van der Waals surface area (Å²) in [5.74, 6) is -0.407. The predicted octanol–water partition coefficient (Wildman–Crippen LogP) is 2.16. The van der Waals surface area contributed by atoms with Crippen molar-refractivity contribution in [1.82, 2.24) is 10.0 Å². The third-order valence-electron chi connectivity index (χ3n) is 3.26. The molecule has 2 aromatic rings. The van der Waals surface area contributed by atoms with Crippen molar-refractivity contribution in [3.05, 3.63) is 47.3 Å². The van der Waals surface area contributed by atoms with E-state index in [9.17, 15) is 13.2 Å². The highest BCUT2D eigenvalue weighted by atomic mass is 32.2. The zero-order valence-corrected chi connectivity index (χ0v) is 15.2. The molecule has 0 spiro atoms. The lowest BCUT2D eigenvalue weighted by Gasteiger charge is -2.14. The van der Waals surface area contributed by atoms with Crippen molar-refractivity contribution in [2.45, 2.75) is 30.6 Å². The van der Waals surface area contributed by atoms with E-state index in [0.29, 0.717) is 12.2 Å². The highest BCUT2D eigenvalue weighted by Crippen LogP contribution is 2.16. The maximum Gasteiger partial charge on any atom is 0.250 e. The Bertz CT molecular complexity index is 774. The number of carbonyl (C=O) groups is 1. The molecule has 0 radical (unpaired) electrons. The number of rotatable bonds is 8. The molecule has 0 saturated heterocycles. The Hall–Kier alpha value is -1.74. The van der Waals surface area contributed by atoms with Crippen LogP contribution in [0.2, 0.25) is 0 Å². The van der Waals surface area contributed by atoms with Crippen LogP contribution in [0.25, 0.3) is 0 Å². The van der Waals surface area contributed by atoms with Gasteiger partial charge in [0.05, 0.1) is 6.04 Å². The number of sulfonamides is 1. The second kappa shape index (κ2) is 8.39. The van der Waals surface area contributed by atoms with Crippen LogP contribution in [0, 0.1) is 0 Å². The predicted molar refractivity (Wildman–Crippen MR) is 96.6 cm³/mol. The SMILES string of the molecule is CCNCc1cccc(NC(=O)C(C)NS(=O)(=O)c2cccs2)c1. The molecule has 1 unspecified atom stereocenters. The standard InChI is InChI=1S/C16H21N3O3S2/c1-3-17-11-13-6-4-7-14(10-13)18-16(20)12(2)19-24(21,22)15-8-5-9-23-15/h4-10,12,17,19H,3,11H2,1-2H3,(H,18,20). The first-order valence-corrected chi connectivity index (χ1v) is 9.95. The fourth-order valence-corrected chi connectivity index (χ4v) is 4.25. The summed E-state index contributed by atoms with van der Waals surface area (Å²) in [6, 6.07) is 9.72. The molecule has 1 aromatic carbocycles.